The van der Waals surface area contributed by atoms with Crippen molar-refractivity contribution in [1.82, 2.24) is 9.80 Å². The number of nitrogens with zero attached hydrogens (tertiary/aromatic N) is 2. The largest absolute Gasteiger partial charge is 0.465 e. The van der Waals surface area contributed by atoms with Crippen LogP contribution in [0.4, 0.5) is 9.59 Å². The number of rotatable bonds is 0. The molecule has 2 heterocycles. The first-order chi connectivity index (χ1) is 8.50. The van der Waals surface area contributed by atoms with Gasteiger partial charge in [-0.25, -0.2) is 9.59 Å². The monoisotopic (exact) mass is 258 g/mol. The molecule has 7 heteroatoms. The van der Waals surface area contributed by atoms with Crippen LogP contribution >= 0.6 is 0 Å². The Morgan fingerprint density at radius 2 is 1.50 bits per heavy atom. The van der Waals surface area contributed by atoms with Crippen LogP contribution in [0.3, 0.4) is 0 Å². The quantitative estimate of drug-likeness (QED) is 0.578. The van der Waals surface area contributed by atoms with Crippen molar-refractivity contribution in [3.05, 3.63) is 0 Å². The first kappa shape index (κ1) is 14.6. The van der Waals surface area contributed by atoms with E-state index in [0.717, 1.165) is 38.8 Å². The molecule has 2 rings (SSSR count). The summed E-state index contributed by atoms with van der Waals surface area (Å²) in [5.74, 6) is 0. The van der Waals surface area contributed by atoms with E-state index < -0.39 is 6.09 Å². The van der Waals surface area contributed by atoms with Gasteiger partial charge in [0, 0.05) is 32.2 Å². The number of carbonyl (C=O) groups is 2. The summed E-state index contributed by atoms with van der Waals surface area (Å²) in [6, 6.07) is -0.0712. The lowest BCUT2D eigenvalue weighted by Gasteiger charge is -2.27. The highest BCUT2D eigenvalue weighted by Gasteiger charge is 2.18. The fourth-order valence-corrected chi connectivity index (χ4v) is 2.03. The highest BCUT2D eigenvalue weighted by molar-refractivity contribution is 5.72. The number of hydrogen-bond acceptors (Lipinski definition) is 3. The van der Waals surface area contributed by atoms with E-state index in [9.17, 15) is 9.59 Å². The molecule has 2 aliphatic heterocycles. The van der Waals surface area contributed by atoms with Crippen molar-refractivity contribution < 1.29 is 14.7 Å². The van der Waals surface area contributed by atoms with Crippen LogP contribution in [0.1, 0.15) is 25.7 Å². The van der Waals surface area contributed by atoms with Gasteiger partial charge in [0.25, 0.3) is 0 Å². The predicted molar refractivity (Wildman–Crippen MR) is 67.2 cm³/mol. The van der Waals surface area contributed by atoms with Crippen LogP contribution in [-0.2, 0) is 0 Å². The Bertz CT molecular complexity index is 284. The first-order valence-electron chi connectivity index (χ1n) is 6.28. The molecule has 7 nitrogen and oxygen atoms in total. The van der Waals surface area contributed by atoms with Crippen molar-refractivity contribution in [2.45, 2.75) is 31.7 Å². The molecule has 0 atom stereocenters. The summed E-state index contributed by atoms with van der Waals surface area (Å²) < 4.78 is 0. The van der Waals surface area contributed by atoms with Gasteiger partial charge < -0.3 is 26.4 Å². The number of hydrogen-bond donors (Lipinski definition) is 3. The highest BCUT2D eigenvalue weighted by Crippen LogP contribution is 2.07. The summed E-state index contributed by atoms with van der Waals surface area (Å²) in [4.78, 5) is 23.8. The minimum absolute atomic E-state index is 0.204. The number of amides is 3. The molecule has 0 unspecified atom stereocenters. The zero-order valence-corrected chi connectivity index (χ0v) is 10.5. The fraction of sp³-hybridized carbons (Fsp3) is 0.818. The Hall–Kier alpha value is -1.50. The Morgan fingerprint density at radius 3 is 1.83 bits per heavy atom. The number of piperidine rings is 1. The summed E-state index contributed by atoms with van der Waals surface area (Å²) in [5.41, 5.74) is 10.6. The second kappa shape index (κ2) is 7.05. The van der Waals surface area contributed by atoms with Gasteiger partial charge in [0.15, 0.2) is 0 Å². The van der Waals surface area contributed by atoms with Gasteiger partial charge in [0.05, 0.1) is 0 Å². The molecule has 0 saturated carbocycles. The van der Waals surface area contributed by atoms with Crippen molar-refractivity contribution in [2.75, 3.05) is 26.2 Å². The summed E-state index contributed by atoms with van der Waals surface area (Å²) in [7, 11) is 0. The third kappa shape index (κ3) is 4.79. The Balaban J connectivity index is 0.000000184. The molecular weight excluding hydrogens is 236 g/mol. The van der Waals surface area contributed by atoms with E-state index in [0.29, 0.717) is 13.1 Å². The molecule has 3 amide bonds. The van der Waals surface area contributed by atoms with Crippen molar-refractivity contribution in [3.8, 4) is 0 Å². The topological polar surface area (TPSA) is 113 Å². The number of nitrogens with two attached hydrogens (primary N) is 2. The van der Waals surface area contributed by atoms with E-state index in [-0.39, 0.29) is 12.1 Å². The normalized spacial score (nSPS) is 20.3. The third-order valence-corrected chi connectivity index (χ3v) is 3.23. The second-order valence-electron chi connectivity index (χ2n) is 4.64. The lowest BCUT2D eigenvalue weighted by molar-refractivity contribution is 0.132. The third-order valence-electron chi connectivity index (χ3n) is 3.23. The molecule has 0 aromatic carbocycles. The minimum Gasteiger partial charge on any atom is -0.465 e. The molecule has 0 radical (unpaired) electrons. The highest BCUT2D eigenvalue weighted by atomic mass is 16.4. The van der Waals surface area contributed by atoms with Gasteiger partial charge in [0.1, 0.15) is 0 Å². The molecule has 0 spiro atoms. The first-order valence-corrected chi connectivity index (χ1v) is 6.28. The van der Waals surface area contributed by atoms with Crippen LogP contribution < -0.4 is 11.5 Å². The number of carboxylic acid groups (broad SMARTS) is 1. The Kier molecular flexibility index (Phi) is 5.70. The van der Waals surface area contributed by atoms with Crippen LogP contribution in [0.2, 0.25) is 0 Å². The number of urea groups is 1. The summed E-state index contributed by atoms with van der Waals surface area (Å²) in [6.07, 6.45) is 3.00. The molecule has 2 aliphatic rings. The molecule has 2 saturated heterocycles. The van der Waals surface area contributed by atoms with Crippen LogP contribution in [0.25, 0.3) is 0 Å². The zero-order chi connectivity index (χ0) is 13.5. The maximum Gasteiger partial charge on any atom is 0.407 e. The van der Waals surface area contributed by atoms with Gasteiger partial charge in [-0.15, -0.1) is 0 Å². The van der Waals surface area contributed by atoms with E-state index >= 15 is 0 Å². The predicted octanol–water partition coefficient (Wildman–Crippen LogP) is 0.248. The average Bonchev–Trinajstić information content (AvgIpc) is 2.84. The molecule has 0 bridgehead atoms. The molecule has 2 fully saturated rings. The standard InChI is InChI=1S/C6H12N2O2.C5H10N2O/c7-5-1-3-8(4-2-5)6(9)10;6-5(8)7-3-1-2-4-7/h5H,1-4,7H2,(H,9,10);1-4H2,(H2,6,8). The van der Waals surface area contributed by atoms with E-state index in [4.69, 9.17) is 16.6 Å². The number of primary amides is 1. The van der Waals surface area contributed by atoms with Gasteiger partial charge >= 0.3 is 12.1 Å². The smallest absolute Gasteiger partial charge is 0.407 e. The van der Waals surface area contributed by atoms with Gasteiger partial charge in [-0.3, -0.25) is 0 Å². The van der Waals surface area contributed by atoms with Crippen molar-refractivity contribution in [2.24, 2.45) is 11.5 Å². The van der Waals surface area contributed by atoms with Gasteiger partial charge in [-0.1, -0.05) is 0 Å². The maximum atomic E-state index is 10.3. The molecule has 0 aliphatic carbocycles. The van der Waals surface area contributed by atoms with E-state index in [1.165, 1.54) is 4.90 Å². The minimum atomic E-state index is -0.827. The van der Waals surface area contributed by atoms with Gasteiger partial charge in [-0.05, 0) is 25.7 Å². The molecule has 18 heavy (non-hydrogen) atoms. The van der Waals surface area contributed by atoms with E-state index in [1.807, 2.05) is 0 Å². The summed E-state index contributed by atoms with van der Waals surface area (Å²) in [5, 5.41) is 8.51. The Labute approximate surface area is 107 Å². The maximum absolute atomic E-state index is 10.3. The van der Waals surface area contributed by atoms with Crippen LogP contribution in [0, 0.1) is 0 Å². The van der Waals surface area contributed by atoms with E-state index in [2.05, 4.69) is 0 Å². The number of likely N-dealkylation sites (tertiary alicyclic amines) is 2. The second-order valence-corrected chi connectivity index (χ2v) is 4.64. The fourth-order valence-electron chi connectivity index (χ4n) is 2.03. The van der Waals surface area contributed by atoms with Crippen molar-refractivity contribution in [3.63, 3.8) is 0 Å². The summed E-state index contributed by atoms with van der Waals surface area (Å²) in [6.45, 7) is 2.90. The SMILES string of the molecule is NC(=O)N1CCCC1.NC1CCN(C(=O)O)CC1. The molecule has 104 valence electrons. The lowest BCUT2D eigenvalue weighted by Crippen LogP contribution is -2.42. The summed E-state index contributed by atoms with van der Waals surface area (Å²) >= 11 is 0. The van der Waals surface area contributed by atoms with Crippen LogP contribution in [0.5, 0.6) is 0 Å². The zero-order valence-electron chi connectivity index (χ0n) is 10.5. The molecule has 0 aromatic rings. The Morgan fingerprint density at radius 1 is 1.00 bits per heavy atom. The lowest BCUT2D eigenvalue weighted by atomic mass is 10.1. The van der Waals surface area contributed by atoms with Gasteiger partial charge in [0.2, 0.25) is 0 Å². The molecule has 0 aromatic heterocycles. The van der Waals surface area contributed by atoms with E-state index in [1.54, 1.807) is 4.90 Å². The van der Waals surface area contributed by atoms with Crippen molar-refractivity contribution >= 4 is 12.1 Å². The average molecular weight is 258 g/mol. The van der Waals surface area contributed by atoms with Gasteiger partial charge in [-0.2, -0.15) is 0 Å². The number of carbonyl (C=O) groups excluding carboxylic acids is 1. The van der Waals surface area contributed by atoms with Crippen LogP contribution in [-0.4, -0.2) is 59.3 Å². The van der Waals surface area contributed by atoms with Crippen molar-refractivity contribution in [1.29, 1.82) is 0 Å². The molecule has 5 N–H and O–H groups in total. The van der Waals surface area contributed by atoms with Crippen LogP contribution in [0.15, 0.2) is 0 Å². The molecular formula is C11H22N4O3.